The Kier molecular flexibility index (Phi) is 4.95. The Morgan fingerprint density at radius 3 is 2.89 bits per heavy atom. The number of hydrogen-bond acceptors (Lipinski definition) is 3. The summed E-state index contributed by atoms with van der Waals surface area (Å²) < 4.78 is 0. The minimum Gasteiger partial charge on any atom is -0.369 e. The predicted molar refractivity (Wildman–Crippen MR) is 82.4 cm³/mol. The molecule has 1 heterocycles. The van der Waals surface area contributed by atoms with Gasteiger partial charge in [-0.05, 0) is 24.5 Å². The molecule has 2 nitrogen and oxygen atoms in total. The van der Waals surface area contributed by atoms with Gasteiger partial charge in [-0.15, -0.1) is 0 Å². The Labute approximate surface area is 115 Å². The average molecular weight is 264 g/mol. The zero-order valence-corrected chi connectivity index (χ0v) is 12.2. The summed E-state index contributed by atoms with van der Waals surface area (Å²) in [7, 11) is 0. The standard InChI is InChI=1S/C15H24N2S/c1-3-12-11-17(9-10-18-12)15-8-6-5-7-13(15)14(16)4-2/h5-8,12,14H,3-4,9-11,16H2,1-2H3/t12?,14-/m1/s1. The van der Waals surface area contributed by atoms with Crippen LogP contribution in [-0.2, 0) is 0 Å². The lowest BCUT2D eigenvalue weighted by atomic mass is 10.0. The van der Waals surface area contributed by atoms with E-state index in [-0.39, 0.29) is 6.04 Å². The number of nitrogens with zero attached hydrogens (tertiary/aromatic N) is 1. The second kappa shape index (κ2) is 6.48. The maximum absolute atomic E-state index is 6.24. The van der Waals surface area contributed by atoms with Gasteiger partial charge in [0.15, 0.2) is 0 Å². The molecule has 1 aliphatic rings. The summed E-state index contributed by atoms with van der Waals surface area (Å²) in [5, 5.41) is 0.768. The van der Waals surface area contributed by atoms with Crippen LogP contribution in [-0.4, -0.2) is 24.1 Å². The first kappa shape index (κ1) is 13.8. The molecule has 1 aromatic rings. The molecular formula is C15H24N2S. The lowest BCUT2D eigenvalue weighted by molar-refractivity contribution is 0.680. The van der Waals surface area contributed by atoms with Gasteiger partial charge in [0, 0.05) is 35.8 Å². The molecule has 1 fully saturated rings. The van der Waals surface area contributed by atoms with E-state index in [9.17, 15) is 0 Å². The Hall–Kier alpha value is -0.670. The highest BCUT2D eigenvalue weighted by Gasteiger charge is 2.21. The highest BCUT2D eigenvalue weighted by atomic mass is 32.2. The molecule has 2 atom stereocenters. The van der Waals surface area contributed by atoms with Crippen LogP contribution in [0.15, 0.2) is 24.3 Å². The molecule has 0 spiro atoms. The average Bonchev–Trinajstić information content (AvgIpc) is 2.46. The summed E-state index contributed by atoms with van der Waals surface area (Å²) in [4.78, 5) is 2.52. The molecule has 0 aromatic heterocycles. The number of rotatable bonds is 4. The van der Waals surface area contributed by atoms with Gasteiger partial charge in [0.25, 0.3) is 0 Å². The van der Waals surface area contributed by atoms with Crippen molar-refractivity contribution in [1.82, 2.24) is 0 Å². The van der Waals surface area contributed by atoms with Crippen LogP contribution in [0.2, 0.25) is 0 Å². The monoisotopic (exact) mass is 264 g/mol. The summed E-state index contributed by atoms with van der Waals surface area (Å²) in [6.45, 7) is 6.75. The number of nitrogens with two attached hydrogens (primary N) is 1. The fourth-order valence-corrected chi connectivity index (χ4v) is 3.67. The van der Waals surface area contributed by atoms with Crippen LogP contribution in [0, 0.1) is 0 Å². The Morgan fingerprint density at radius 2 is 2.17 bits per heavy atom. The predicted octanol–water partition coefficient (Wildman–Crippen LogP) is 3.43. The smallest absolute Gasteiger partial charge is 0.0415 e. The molecule has 3 heteroatoms. The van der Waals surface area contributed by atoms with E-state index in [1.54, 1.807) is 0 Å². The summed E-state index contributed by atoms with van der Waals surface area (Å²) in [5.74, 6) is 1.23. The fourth-order valence-electron chi connectivity index (χ4n) is 2.49. The van der Waals surface area contributed by atoms with E-state index >= 15 is 0 Å². The molecule has 1 saturated heterocycles. The molecule has 1 aromatic carbocycles. The molecule has 0 amide bonds. The third kappa shape index (κ3) is 3.01. The minimum atomic E-state index is 0.163. The zero-order chi connectivity index (χ0) is 13.0. The quantitative estimate of drug-likeness (QED) is 0.903. The molecule has 0 saturated carbocycles. The van der Waals surface area contributed by atoms with E-state index in [4.69, 9.17) is 5.73 Å². The molecule has 2 N–H and O–H groups in total. The van der Waals surface area contributed by atoms with Crippen molar-refractivity contribution in [1.29, 1.82) is 0 Å². The third-order valence-corrected chi connectivity index (χ3v) is 5.08. The van der Waals surface area contributed by atoms with Crippen molar-refractivity contribution in [2.45, 2.75) is 38.0 Å². The summed E-state index contributed by atoms with van der Waals surface area (Å²) in [5.41, 5.74) is 8.90. The van der Waals surface area contributed by atoms with E-state index in [0.29, 0.717) is 0 Å². The van der Waals surface area contributed by atoms with Crippen molar-refractivity contribution in [3.05, 3.63) is 29.8 Å². The van der Waals surface area contributed by atoms with E-state index in [2.05, 4.69) is 54.8 Å². The molecule has 0 bridgehead atoms. The van der Waals surface area contributed by atoms with Gasteiger partial charge in [0.05, 0.1) is 0 Å². The molecule has 2 rings (SSSR count). The van der Waals surface area contributed by atoms with Crippen molar-refractivity contribution < 1.29 is 0 Å². The van der Waals surface area contributed by atoms with Crippen molar-refractivity contribution >= 4 is 17.4 Å². The van der Waals surface area contributed by atoms with Crippen molar-refractivity contribution in [2.75, 3.05) is 23.7 Å². The van der Waals surface area contributed by atoms with Crippen LogP contribution >= 0.6 is 11.8 Å². The van der Waals surface area contributed by atoms with Crippen LogP contribution in [0.1, 0.15) is 38.3 Å². The SMILES string of the molecule is CCC1CN(c2ccccc2[C@H](N)CC)CCS1. The molecule has 1 aliphatic heterocycles. The van der Waals surface area contributed by atoms with Crippen LogP contribution in [0.25, 0.3) is 0 Å². The number of para-hydroxylation sites is 1. The van der Waals surface area contributed by atoms with Crippen LogP contribution in [0.4, 0.5) is 5.69 Å². The van der Waals surface area contributed by atoms with E-state index < -0.39 is 0 Å². The van der Waals surface area contributed by atoms with E-state index in [1.165, 1.54) is 23.4 Å². The fraction of sp³-hybridized carbons (Fsp3) is 0.600. The molecule has 0 aliphatic carbocycles. The van der Waals surface area contributed by atoms with Crippen LogP contribution in [0.3, 0.4) is 0 Å². The molecule has 1 unspecified atom stereocenters. The molecule has 0 radical (unpaired) electrons. The third-order valence-electron chi connectivity index (χ3n) is 3.71. The molecule has 18 heavy (non-hydrogen) atoms. The first-order valence-corrected chi connectivity index (χ1v) is 8.02. The molecular weight excluding hydrogens is 240 g/mol. The minimum absolute atomic E-state index is 0.163. The molecule has 100 valence electrons. The van der Waals surface area contributed by atoms with Gasteiger partial charge < -0.3 is 10.6 Å². The summed E-state index contributed by atoms with van der Waals surface area (Å²) >= 11 is 2.11. The van der Waals surface area contributed by atoms with E-state index in [0.717, 1.165) is 24.8 Å². The first-order valence-electron chi connectivity index (χ1n) is 6.97. The van der Waals surface area contributed by atoms with Gasteiger partial charge in [-0.3, -0.25) is 0 Å². The van der Waals surface area contributed by atoms with E-state index in [1.807, 2.05) is 0 Å². The number of benzene rings is 1. The number of hydrogen-bond donors (Lipinski definition) is 1. The summed E-state index contributed by atoms with van der Waals surface area (Å²) in [6.07, 6.45) is 2.25. The number of anilines is 1. The van der Waals surface area contributed by atoms with Gasteiger partial charge in [0.2, 0.25) is 0 Å². The first-order chi connectivity index (χ1) is 8.76. The second-order valence-electron chi connectivity index (χ2n) is 4.92. The Morgan fingerprint density at radius 1 is 1.39 bits per heavy atom. The maximum atomic E-state index is 6.24. The number of thioether (sulfide) groups is 1. The zero-order valence-electron chi connectivity index (χ0n) is 11.4. The van der Waals surface area contributed by atoms with Crippen molar-refractivity contribution in [3.8, 4) is 0 Å². The Bertz CT molecular complexity index is 381. The topological polar surface area (TPSA) is 29.3 Å². The maximum Gasteiger partial charge on any atom is 0.0415 e. The summed E-state index contributed by atoms with van der Waals surface area (Å²) in [6, 6.07) is 8.81. The van der Waals surface area contributed by atoms with Crippen LogP contribution in [0.5, 0.6) is 0 Å². The van der Waals surface area contributed by atoms with Gasteiger partial charge >= 0.3 is 0 Å². The normalized spacial score (nSPS) is 21.9. The van der Waals surface area contributed by atoms with Gasteiger partial charge in [0.1, 0.15) is 0 Å². The van der Waals surface area contributed by atoms with Gasteiger partial charge in [-0.1, -0.05) is 32.0 Å². The van der Waals surface area contributed by atoms with Gasteiger partial charge in [-0.25, -0.2) is 0 Å². The lowest BCUT2D eigenvalue weighted by Gasteiger charge is -2.35. The highest BCUT2D eigenvalue weighted by Crippen LogP contribution is 2.31. The van der Waals surface area contributed by atoms with Crippen molar-refractivity contribution in [3.63, 3.8) is 0 Å². The van der Waals surface area contributed by atoms with Crippen LogP contribution < -0.4 is 10.6 Å². The van der Waals surface area contributed by atoms with Gasteiger partial charge in [-0.2, -0.15) is 11.8 Å². The highest BCUT2D eigenvalue weighted by molar-refractivity contribution is 8.00. The lowest BCUT2D eigenvalue weighted by Crippen LogP contribution is -2.38. The largest absolute Gasteiger partial charge is 0.369 e. The van der Waals surface area contributed by atoms with Crippen molar-refractivity contribution in [2.24, 2.45) is 5.73 Å². The second-order valence-corrected chi connectivity index (χ2v) is 6.33. The Balaban J connectivity index is 2.21.